The second-order valence-electron chi connectivity index (χ2n) is 3.58. The van der Waals surface area contributed by atoms with E-state index in [-0.39, 0.29) is 0 Å². The van der Waals surface area contributed by atoms with Crippen LogP contribution in [0.15, 0.2) is 6.20 Å². The van der Waals surface area contributed by atoms with Crippen molar-refractivity contribution in [3.63, 3.8) is 0 Å². The van der Waals surface area contributed by atoms with Crippen LogP contribution in [0.5, 0.6) is 0 Å². The van der Waals surface area contributed by atoms with Gasteiger partial charge in [-0.15, -0.1) is 0 Å². The van der Waals surface area contributed by atoms with Crippen molar-refractivity contribution in [2.45, 2.75) is 32.2 Å². The Balaban J connectivity index is 2.21. The van der Waals surface area contributed by atoms with E-state index in [1.165, 1.54) is 30.0 Å². The highest BCUT2D eigenvalue weighted by molar-refractivity contribution is 7.99. The summed E-state index contributed by atoms with van der Waals surface area (Å²) in [6, 6.07) is 0. The van der Waals surface area contributed by atoms with Crippen molar-refractivity contribution < 1.29 is 0 Å². The van der Waals surface area contributed by atoms with Gasteiger partial charge in [-0.25, -0.2) is 4.98 Å². The lowest BCUT2D eigenvalue weighted by molar-refractivity contribution is 0.573. The molecule has 0 N–H and O–H groups in total. The molecule has 1 aliphatic rings. The summed E-state index contributed by atoms with van der Waals surface area (Å²) >= 11 is 8.06. The van der Waals surface area contributed by atoms with E-state index in [1.807, 2.05) is 6.20 Å². The number of rotatable bonds is 2. The molecule has 1 aliphatic heterocycles. The molecule has 4 heteroatoms. The van der Waals surface area contributed by atoms with E-state index in [0.717, 1.165) is 6.54 Å². The van der Waals surface area contributed by atoms with Crippen molar-refractivity contribution in [2.24, 2.45) is 0 Å². The molecule has 1 fully saturated rings. The Bertz CT molecular complexity index is 305. The third kappa shape index (κ3) is 1.94. The van der Waals surface area contributed by atoms with Gasteiger partial charge in [-0.1, -0.05) is 0 Å². The van der Waals surface area contributed by atoms with Crippen molar-refractivity contribution in [1.29, 1.82) is 0 Å². The zero-order chi connectivity index (χ0) is 9.97. The van der Waals surface area contributed by atoms with E-state index < -0.39 is 0 Å². The van der Waals surface area contributed by atoms with Gasteiger partial charge in [0.05, 0.1) is 6.20 Å². The van der Waals surface area contributed by atoms with Gasteiger partial charge in [0, 0.05) is 18.2 Å². The van der Waals surface area contributed by atoms with Gasteiger partial charge in [0.25, 0.3) is 0 Å². The maximum absolute atomic E-state index is 6.01. The van der Waals surface area contributed by atoms with Gasteiger partial charge in [0.2, 0.25) is 5.28 Å². The van der Waals surface area contributed by atoms with Gasteiger partial charge in [-0.3, -0.25) is 0 Å². The first-order valence-corrected chi connectivity index (χ1v) is 6.65. The standard InChI is InChI=1S/C10H15ClN2S/c1-2-13-9(7-12-10(13)11)8-3-5-14-6-4-8/h7-8H,2-6H2,1H3. The summed E-state index contributed by atoms with van der Waals surface area (Å²) in [6.45, 7) is 3.05. The fourth-order valence-electron chi connectivity index (χ4n) is 2.00. The fraction of sp³-hybridized carbons (Fsp3) is 0.700. The average Bonchev–Trinajstić information content (AvgIpc) is 2.61. The minimum Gasteiger partial charge on any atom is -0.319 e. The summed E-state index contributed by atoms with van der Waals surface area (Å²) in [7, 11) is 0. The molecule has 0 aliphatic carbocycles. The van der Waals surface area contributed by atoms with Crippen LogP contribution in [-0.4, -0.2) is 21.1 Å². The second-order valence-corrected chi connectivity index (χ2v) is 5.15. The van der Waals surface area contributed by atoms with Gasteiger partial charge < -0.3 is 4.57 Å². The molecular formula is C10H15ClN2S. The molecule has 0 amide bonds. The zero-order valence-corrected chi connectivity index (χ0v) is 9.94. The lowest BCUT2D eigenvalue weighted by Gasteiger charge is -2.22. The van der Waals surface area contributed by atoms with Crippen LogP contribution in [0.3, 0.4) is 0 Å². The number of thioether (sulfide) groups is 1. The minimum atomic E-state index is 0.640. The summed E-state index contributed by atoms with van der Waals surface area (Å²) < 4.78 is 2.13. The van der Waals surface area contributed by atoms with Crippen molar-refractivity contribution in [1.82, 2.24) is 9.55 Å². The number of hydrogen-bond acceptors (Lipinski definition) is 2. The first-order chi connectivity index (χ1) is 6.83. The van der Waals surface area contributed by atoms with Crippen molar-refractivity contribution in [2.75, 3.05) is 11.5 Å². The number of aromatic nitrogens is 2. The Morgan fingerprint density at radius 2 is 2.29 bits per heavy atom. The van der Waals surface area contributed by atoms with Crippen LogP contribution in [0.1, 0.15) is 31.4 Å². The summed E-state index contributed by atoms with van der Waals surface area (Å²) in [6.07, 6.45) is 4.49. The van der Waals surface area contributed by atoms with E-state index in [1.54, 1.807) is 0 Å². The molecule has 0 atom stereocenters. The largest absolute Gasteiger partial charge is 0.319 e. The molecule has 2 rings (SSSR count). The van der Waals surface area contributed by atoms with E-state index in [2.05, 4.69) is 28.2 Å². The molecule has 0 aromatic carbocycles. The van der Waals surface area contributed by atoms with Crippen LogP contribution in [0.4, 0.5) is 0 Å². The predicted molar refractivity (Wildman–Crippen MR) is 62.2 cm³/mol. The number of imidazole rings is 1. The topological polar surface area (TPSA) is 17.8 Å². The first-order valence-electron chi connectivity index (χ1n) is 5.11. The van der Waals surface area contributed by atoms with E-state index in [0.29, 0.717) is 11.2 Å². The Morgan fingerprint density at radius 1 is 1.57 bits per heavy atom. The Morgan fingerprint density at radius 3 is 2.93 bits per heavy atom. The van der Waals surface area contributed by atoms with E-state index in [4.69, 9.17) is 11.6 Å². The summed E-state index contributed by atoms with van der Waals surface area (Å²) in [4.78, 5) is 4.18. The van der Waals surface area contributed by atoms with Crippen molar-refractivity contribution in [3.8, 4) is 0 Å². The molecule has 1 aromatic rings. The van der Waals surface area contributed by atoms with Gasteiger partial charge in [0.1, 0.15) is 0 Å². The molecule has 2 heterocycles. The van der Waals surface area contributed by atoms with Crippen LogP contribution >= 0.6 is 23.4 Å². The first kappa shape index (κ1) is 10.4. The minimum absolute atomic E-state index is 0.640. The van der Waals surface area contributed by atoms with Crippen molar-refractivity contribution >= 4 is 23.4 Å². The molecular weight excluding hydrogens is 216 g/mol. The summed E-state index contributed by atoms with van der Waals surface area (Å²) in [5, 5.41) is 0.640. The highest BCUT2D eigenvalue weighted by Crippen LogP contribution is 2.32. The molecule has 1 saturated heterocycles. The van der Waals surface area contributed by atoms with Crippen LogP contribution in [0.2, 0.25) is 5.28 Å². The summed E-state index contributed by atoms with van der Waals surface area (Å²) in [5.74, 6) is 3.23. The Labute approximate surface area is 94.0 Å². The molecule has 0 saturated carbocycles. The van der Waals surface area contributed by atoms with Crippen LogP contribution in [-0.2, 0) is 6.54 Å². The summed E-state index contributed by atoms with van der Waals surface area (Å²) in [5.41, 5.74) is 1.33. The maximum Gasteiger partial charge on any atom is 0.202 e. The number of hydrogen-bond donors (Lipinski definition) is 0. The third-order valence-electron chi connectivity index (χ3n) is 2.79. The van der Waals surface area contributed by atoms with Gasteiger partial charge in [0.15, 0.2) is 0 Å². The average molecular weight is 231 g/mol. The molecule has 78 valence electrons. The fourth-order valence-corrected chi connectivity index (χ4v) is 3.37. The molecule has 2 nitrogen and oxygen atoms in total. The molecule has 0 spiro atoms. The molecule has 14 heavy (non-hydrogen) atoms. The zero-order valence-electron chi connectivity index (χ0n) is 8.37. The maximum atomic E-state index is 6.01. The molecule has 0 bridgehead atoms. The highest BCUT2D eigenvalue weighted by Gasteiger charge is 2.20. The number of halogens is 1. The number of nitrogens with zero attached hydrogens (tertiary/aromatic N) is 2. The lowest BCUT2D eigenvalue weighted by atomic mass is 9.99. The smallest absolute Gasteiger partial charge is 0.202 e. The van der Waals surface area contributed by atoms with Gasteiger partial charge in [-0.2, -0.15) is 11.8 Å². The monoisotopic (exact) mass is 230 g/mol. The van der Waals surface area contributed by atoms with Crippen LogP contribution in [0.25, 0.3) is 0 Å². The van der Waals surface area contributed by atoms with Crippen molar-refractivity contribution in [3.05, 3.63) is 17.2 Å². The lowest BCUT2D eigenvalue weighted by Crippen LogP contribution is -2.12. The normalized spacial score (nSPS) is 18.7. The second kappa shape index (κ2) is 4.58. The van der Waals surface area contributed by atoms with E-state index >= 15 is 0 Å². The Kier molecular flexibility index (Phi) is 3.39. The Hall–Kier alpha value is -0.150. The predicted octanol–water partition coefficient (Wildman–Crippen LogP) is 3.17. The van der Waals surface area contributed by atoms with Gasteiger partial charge >= 0.3 is 0 Å². The van der Waals surface area contributed by atoms with Gasteiger partial charge in [-0.05, 0) is 42.9 Å². The molecule has 0 unspecified atom stereocenters. The van der Waals surface area contributed by atoms with Crippen LogP contribution < -0.4 is 0 Å². The van der Waals surface area contributed by atoms with Crippen LogP contribution in [0, 0.1) is 0 Å². The SMILES string of the molecule is CCn1c(C2CCSCC2)cnc1Cl. The molecule has 1 aromatic heterocycles. The third-order valence-corrected chi connectivity index (χ3v) is 4.14. The van der Waals surface area contributed by atoms with E-state index in [9.17, 15) is 0 Å². The molecule has 0 radical (unpaired) electrons. The highest BCUT2D eigenvalue weighted by atomic mass is 35.5. The quantitative estimate of drug-likeness (QED) is 0.777.